The minimum Gasteiger partial charge on any atom is -0.481 e. The molecule has 16 heavy (non-hydrogen) atoms. The Kier molecular flexibility index (Phi) is 2.91. The lowest BCUT2D eigenvalue weighted by molar-refractivity contribution is 0.103. The highest BCUT2D eigenvalue weighted by Gasteiger charge is 2.10. The second-order valence-corrected chi connectivity index (χ2v) is 3.14. The number of ketones is 1. The molecule has 4 nitrogen and oxygen atoms in total. The van der Waals surface area contributed by atoms with E-state index in [9.17, 15) is 4.79 Å². The molecule has 1 aromatic carbocycles. The number of hydrogen-bond acceptors (Lipinski definition) is 4. The Hall–Kier alpha value is -2.23. The molecule has 1 heterocycles. The van der Waals surface area contributed by atoms with E-state index < -0.39 is 0 Å². The Morgan fingerprint density at radius 1 is 1.19 bits per heavy atom. The maximum Gasteiger partial charge on any atom is 0.216 e. The highest BCUT2D eigenvalue weighted by molar-refractivity contribution is 6.07. The van der Waals surface area contributed by atoms with Crippen LogP contribution in [0.15, 0.2) is 42.7 Å². The zero-order chi connectivity index (χ0) is 11.4. The molecular weight excluding hydrogens is 204 g/mol. The standard InChI is InChI=1S/C12H10N2O2/c1-16-11-7-10(13-8-14-11)12(15)9-5-3-2-4-6-9/h2-8H,1H3. The first-order chi connectivity index (χ1) is 7.81. The van der Waals surface area contributed by atoms with E-state index in [-0.39, 0.29) is 5.78 Å². The molecule has 2 rings (SSSR count). The summed E-state index contributed by atoms with van der Waals surface area (Å²) in [4.78, 5) is 19.7. The largest absolute Gasteiger partial charge is 0.481 e. The highest BCUT2D eigenvalue weighted by Crippen LogP contribution is 2.11. The van der Waals surface area contributed by atoms with Gasteiger partial charge >= 0.3 is 0 Å². The van der Waals surface area contributed by atoms with Gasteiger partial charge in [0.15, 0.2) is 0 Å². The molecule has 0 aliphatic heterocycles. The van der Waals surface area contributed by atoms with Crippen LogP contribution in [0, 0.1) is 0 Å². The summed E-state index contributed by atoms with van der Waals surface area (Å²) in [6.45, 7) is 0. The maximum absolute atomic E-state index is 12.0. The number of hydrogen-bond donors (Lipinski definition) is 0. The molecule has 0 aliphatic rings. The number of aromatic nitrogens is 2. The third kappa shape index (κ3) is 2.06. The van der Waals surface area contributed by atoms with E-state index in [0.717, 1.165) is 0 Å². The normalized spacial score (nSPS) is 9.81. The molecule has 0 aliphatic carbocycles. The summed E-state index contributed by atoms with van der Waals surface area (Å²) < 4.78 is 4.94. The molecule has 0 radical (unpaired) electrons. The smallest absolute Gasteiger partial charge is 0.216 e. The number of ether oxygens (including phenoxy) is 1. The van der Waals surface area contributed by atoms with Crippen LogP contribution >= 0.6 is 0 Å². The highest BCUT2D eigenvalue weighted by atomic mass is 16.5. The van der Waals surface area contributed by atoms with Crippen LogP contribution in [-0.2, 0) is 0 Å². The SMILES string of the molecule is COc1cc(C(=O)c2ccccc2)ncn1. The van der Waals surface area contributed by atoms with Crippen molar-refractivity contribution in [3.63, 3.8) is 0 Å². The lowest BCUT2D eigenvalue weighted by Crippen LogP contribution is -2.04. The number of carbonyl (C=O) groups excluding carboxylic acids is 1. The first-order valence-corrected chi connectivity index (χ1v) is 4.77. The van der Waals surface area contributed by atoms with E-state index >= 15 is 0 Å². The van der Waals surface area contributed by atoms with Crippen molar-refractivity contribution >= 4 is 5.78 Å². The Morgan fingerprint density at radius 2 is 1.94 bits per heavy atom. The van der Waals surface area contributed by atoms with Gasteiger partial charge in [-0.2, -0.15) is 0 Å². The number of rotatable bonds is 3. The van der Waals surface area contributed by atoms with Gasteiger partial charge in [-0.1, -0.05) is 30.3 Å². The fourth-order valence-electron chi connectivity index (χ4n) is 1.31. The molecule has 0 unspecified atom stereocenters. The Bertz CT molecular complexity index is 497. The summed E-state index contributed by atoms with van der Waals surface area (Å²) in [5.41, 5.74) is 0.932. The van der Waals surface area contributed by atoms with Gasteiger partial charge in [-0.3, -0.25) is 4.79 Å². The van der Waals surface area contributed by atoms with E-state index in [0.29, 0.717) is 17.1 Å². The number of nitrogens with zero attached hydrogens (tertiary/aromatic N) is 2. The summed E-state index contributed by atoms with van der Waals surface area (Å²) >= 11 is 0. The van der Waals surface area contributed by atoms with Gasteiger partial charge in [0.05, 0.1) is 7.11 Å². The fourth-order valence-corrected chi connectivity index (χ4v) is 1.31. The van der Waals surface area contributed by atoms with Crippen molar-refractivity contribution in [2.24, 2.45) is 0 Å². The van der Waals surface area contributed by atoms with Gasteiger partial charge in [-0.05, 0) is 0 Å². The van der Waals surface area contributed by atoms with E-state index in [2.05, 4.69) is 9.97 Å². The summed E-state index contributed by atoms with van der Waals surface area (Å²) in [6, 6.07) is 10.5. The zero-order valence-corrected chi connectivity index (χ0v) is 8.75. The molecular formula is C12H10N2O2. The van der Waals surface area contributed by atoms with Crippen LogP contribution < -0.4 is 4.74 Å². The van der Waals surface area contributed by atoms with E-state index in [1.165, 1.54) is 19.5 Å². The van der Waals surface area contributed by atoms with Crippen LogP contribution in [-0.4, -0.2) is 22.9 Å². The summed E-state index contributed by atoms with van der Waals surface area (Å²) in [7, 11) is 1.50. The third-order valence-corrected chi connectivity index (χ3v) is 2.12. The van der Waals surface area contributed by atoms with Gasteiger partial charge in [0.2, 0.25) is 11.7 Å². The average molecular weight is 214 g/mol. The Morgan fingerprint density at radius 3 is 2.62 bits per heavy atom. The van der Waals surface area contributed by atoms with Crippen molar-refractivity contribution in [2.45, 2.75) is 0 Å². The van der Waals surface area contributed by atoms with Crippen molar-refractivity contribution < 1.29 is 9.53 Å². The molecule has 0 fully saturated rings. The lowest BCUT2D eigenvalue weighted by Gasteiger charge is -2.01. The van der Waals surface area contributed by atoms with Crippen molar-refractivity contribution in [1.29, 1.82) is 0 Å². The molecule has 4 heteroatoms. The van der Waals surface area contributed by atoms with Crippen molar-refractivity contribution in [3.8, 4) is 5.88 Å². The molecule has 1 aromatic heterocycles. The van der Waals surface area contributed by atoms with Crippen LogP contribution in [0.4, 0.5) is 0 Å². The van der Waals surface area contributed by atoms with Crippen molar-refractivity contribution in [3.05, 3.63) is 54.0 Å². The Balaban J connectivity index is 2.34. The number of benzene rings is 1. The third-order valence-electron chi connectivity index (χ3n) is 2.12. The molecule has 0 amide bonds. The maximum atomic E-state index is 12.0. The van der Waals surface area contributed by atoms with Gasteiger partial charge < -0.3 is 4.74 Å². The van der Waals surface area contributed by atoms with Crippen LogP contribution in [0.2, 0.25) is 0 Å². The quantitative estimate of drug-likeness (QED) is 0.730. The second-order valence-electron chi connectivity index (χ2n) is 3.14. The van der Waals surface area contributed by atoms with Gasteiger partial charge in [-0.15, -0.1) is 0 Å². The molecule has 2 aromatic rings. The summed E-state index contributed by atoms with van der Waals surface area (Å²) in [6.07, 6.45) is 1.31. The minimum absolute atomic E-state index is 0.138. The van der Waals surface area contributed by atoms with Crippen molar-refractivity contribution in [1.82, 2.24) is 9.97 Å². The Labute approximate surface area is 92.9 Å². The van der Waals surface area contributed by atoms with Crippen LogP contribution in [0.5, 0.6) is 5.88 Å². The summed E-state index contributed by atoms with van der Waals surface area (Å²) in [5.74, 6) is 0.246. The van der Waals surface area contributed by atoms with E-state index in [1.54, 1.807) is 12.1 Å². The second kappa shape index (κ2) is 4.53. The van der Waals surface area contributed by atoms with Crippen molar-refractivity contribution in [2.75, 3.05) is 7.11 Å². The first-order valence-electron chi connectivity index (χ1n) is 4.77. The zero-order valence-electron chi connectivity index (χ0n) is 8.75. The van der Waals surface area contributed by atoms with Gasteiger partial charge in [0.1, 0.15) is 12.0 Å². The van der Waals surface area contributed by atoms with E-state index in [1.807, 2.05) is 18.2 Å². The number of methoxy groups -OCH3 is 1. The average Bonchev–Trinajstić information content (AvgIpc) is 2.39. The van der Waals surface area contributed by atoms with Crippen LogP contribution in [0.1, 0.15) is 16.1 Å². The molecule has 0 saturated heterocycles. The number of carbonyl (C=O) groups is 1. The minimum atomic E-state index is -0.138. The fraction of sp³-hybridized carbons (Fsp3) is 0.0833. The molecule has 0 N–H and O–H groups in total. The monoisotopic (exact) mass is 214 g/mol. The predicted octanol–water partition coefficient (Wildman–Crippen LogP) is 1.72. The molecule has 0 bridgehead atoms. The van der Waals surface area contributed by atoms with Gasteiger partial charge in [0.25, 0.3) is 0 Å². The van der Waals surface area contributed by atoms with Gasteiger partial charge in [-0.25, -0.2) is 9.97 Å². The van der Waals surface area contributed by atoms with E-state index in [4.69, 9.17) is 4.74 Å². The molecule has 0 spiro atoms. The van der Waals surface area contributed by atoms with Crippen LogP contribution in [0.3, 0.4) is 0 Å². The molecule has 80 valence electrons. The molecule has 0 saturated carbocycles. The van der Waals surface area contributed by atoms with Gasteiger partial charge in [0, 0.05) is 11.6 Å². The first kappa shape index (κ1) is 10.3. The summed E-state index contributed by atoms with van der Waals surface area (Å²) in [5, 5.41) is 0. The molecule has 0 atom stereocenters. The lowest BCUT2D eigenvalue weighted by atomic mass is 10.1. The predicted molar refractivity (Wildman–Crippen MR) is 58.5 cm³/mol. The van der Waals surface area contributed by atoms with Crippen LogP contribution in [0.25, 0.3) is 0 Å². The topological polar surface area (TPSA) is 52.1 Å².